The first kappa shape index (κ1) is 13.3. The fourth-order valence-corrected chi connectivity index (χ4v) is 2.96. The lowest BCUT2D eigenvalue weighted by atomic mass is 10.1. The Morgan fingerprint density at radius 1 is 1.39 bits per heavy atom. The molecule has 2 unspecified atom stereocenters. The summed E-state index contributed by atoms with van der Waals surface area (Å²) in [5.41, 5.74) is 5.88. The maximum Gasteiger partial charge on any atom is 0.122 e. The van der Waals surface area contributed by atoms with Gasteiger partial charge in [-0.05, 0) is 44.0 Å². The highest BCUT2D eigenvalue weighted by atomic mass is 32.1. The summed E-state index contributed by atoms with van der Waals surface area (Å²) in [5, 5.41) is 2.12. The number of hydrogen-bond donors (Lipinski definition) is 1. The van der Waals surface area contributed by atoms with Crippen LogP contribution in [0.15, 0.2) is 40.3 Å². The van der Waals surface area contributed by atoms with Crippen LogP contribution in [0, 0.1) is 0 Å². The lowest BCUT2D eigenvalue weighted by molar-refractivity contribution is 0.168. The van der Waals surface area contributed by atoms with Crippen molar-refractivity contribution in [3.63, 3.8) is 0 Å². The van der Waals surface area contributed by atoms with E-state index in [1.165, 1.54) is 4.88 Å². The zero-order chi connectivity index (χ0) is 13.0. The Balaban J connectivity index is 2.02. The van der Waals surface area contributed by atoms with Crippen molar-refractivity contribution in [2.45, 2.75) is 25.4 Å². The Hall–Kier alpha value is -1.10. The van der Waals surface area contributed by atoms with Gasteiger partial charge in [0.1, 0.15) is 5.76 Å². The van der Waals surface area contributed by atoms with E-state index in [2.05, 4.69) is 36.4 Å². The maximum atomic E-state index is 5.88. The summed E-state index contributed by atoms with van der Waals surface area (Å²) in [5.74, 6) is 0.943. The molecular formula is C14H20N2OS. The molecule has 0 spiro atoms. The fraction of sp³-hybridized carbons (Fsp3) is 0.429. The van der Waals surface area contributed by atoms with E-state index < -0.39 is 0 Å². The Bertz CT molecular complexity index is 438. The molecule has 0 aliphatic carbocycles. The first-order valence-corrected chi connectivity index (χ1v) is 7.08. The number of thiophene rings is 1. The standard InChI is InChI=1S/C14H20N2OS/c1-11(9-12-5-4-8-18-12)16(2)13(10-15)14-6-3-7-17-14/h3-8,11,13H,9-10,15H2,1-2H3. The van der Waals surface area contributed by atoms with E-state index in [1.54, 1.807) is 17.6 Å². The van der Waals surface area contributed by atoms with E-state index in [-0.39, 0.29) is 6.04 Å². The van der Waals surface area contributed by atoms with E-state index in [9.17, 15) is 0 Å². The summed E-state index contributed by atoms with van der Waals surface area (Å²) in [6.45, 7) is 2.80. The normalized spacial score (nSPS) is 14.9. The molecule has 2 rings (SSSR count). The Labute approximate surface area is 112 Å². The van der Waals surface area contributed by atoms with E-state index in [1.807, 2.05) is 12.1 Å². The molecule has 98 valence electrons. The topological polar surface area (TPSA) is 42.4 Å². The summed E-state index contributed by atoms with van der Waals surface area (Å²) < 4.78 is 5.47. The number of rotatable bonds is 6. The predicted molar refractivity (Wildman–Crippen MR) is 75.8 cm³/mol. The molecular weight excluding hydrogens is 244 g/mol. The second kappa shape index (κ2) is 6.18. The van der Waals surface area contributed by atoms with Crippen LogP contribution in [-0.2, 0) is 6.42 Å². The minimum absolute atomic E-state index is 0.148. The van der Waals surface area contributed by atoms with Crippen LogP contribution in [0.25, 0.3) is 0 Å². The summed E-state index contributed by atoms with van der Waals surface area (Å²) in [7, 11) is 2.11. The van der Waals surface area contributed by atoms with Crippen LogP contribution in [0.4, 0.5) is 0 Å². The van der Waals surface area contributed by atoms with Crippen LogP contribution in [0.1, 0.15) is 23.6 Å². The Morgan fingerprint density at radius 2 is 2.22 bits per heavy atom. The molecule has 0 aliphatic rings. The molecule has 0 fully saturated rings. The first-order chi connectivity index (χ1) is 8.72. The zero-order valence-corrected chi connectivity index (χ0v) is 11.7. The molecule has 0 amide bonds. The number of hydrogen-bond acceptors (Lipinski definition) is 4. The molecule has 2 atom stereocenters. The van der Waals surface area contributed by atoms with Gasteiger partial charge in [0.15, 0.2) is 0 Å². The van der Waals surface area contributed by atoms with Gasteiger partial charge in [-0.2, -0.15) is 0 Å². The van der Waals surface area contributed by atoms with Crippen LogP contribution >= 0.6 is 11.3 Å². The van der Waals surface area contributed by atoms with Crippen molar-refractivity contribution >= 4 is 11.3 Å². The highest BCUT2D eigenvalue weighted by molar-refractivity contribution is 7.09. The van der Waals surface area contributed by atoms with Crippen molar-refractivity contribution in [1.29, 1.82) is 0 Å². The molecule has 0 bridgehead atoms. The molecule has 2 aromatic heterocycles. The lowest BCUT2D eigenvalue weighted by Gasteiger charge is -2.31. The second-order valence-corrected chi connectivity index (χ2v) is 5.60. The second-order valence-electron chi connectivity index (χ2n) is 4.56. The molecule has 4 heteroatoms. The molecule has 0 aromatic carbocycles. The van der Waals surface area contributed by atoms with Crippen LogP contribution in [-0.4, -0.2) is 24.5 Å². The molecule has 18 heavy (non-hydrogen) atoms. The number of nitrogens with zero attached hydrogens (tertiary/aromatic N) is 1. The molecule has 0 saturated carbocycles. The van der Waals surface area contributed by atoms with Gasteiger partial charge in [0.05, 0.1) is 12.3 Å². The molecule has 2 heterocycles. The quantitative estimate of drug-likeness (QED) is 0.872. The van der Waals surface area contributed by atoms with Gasteiger partial charge in [-0.25, -0.2) is 0 Å². The van der Waals surface area contributed by atoms with E-state index >= 15 is 0 Å². The average Bonchev–Trinajstić information content (AvgIpc) is 3.02. The molecule has 2 aromatic rings. The fourth-order valence-electron chi connectivity index (χ4n) is 2.14. The summed E-state index contributed by atoms with van der Waals surface area (Å²) in [6, 6.07) is 8.76. The smallest absolute Gasteiger partial charge is 0.122 e. The number of likely N-dealkylation sites (N-methyl/N-ethyl adjacent to an activating group) is 1. The SMILES string of the molecule is CC(Cc1cccs1)N(C)C(CN)c1ccco1. The van der Waals surface area contributed by atoms with Crippen molar-refractivity contribution in [3.8, 4) is 0 Å². The van der Waals surface area contributed by atoms with Crippen molar-refractivity contribution in [2.75, 3.05) is 13.6 Å². The van der Waals surface area contributed by atoms with E-state index in [4.69, 9.17) is 10.2 Å². The van der Waals surface area contributed by atoms with Crippen molar-refractivity contribution < 1.29 is 4.42 Å². The summed E-state index contributed by atoms with van der Waals surface area (Å²) in [6.07, 6.45) is 2.75. The maximum absolute atomic E-state index is 5.88. The van der Waals surface area contributed by atoms with E-state index in [0.717, 1.165) is 12.2 Å². The lowest BCUT2D eigenvalue weighted by Crippen LogP contribution is -2.37. The molecule has 3 nitrogen and oxygen atoms in total. The van der Waals surface area contributed by atoms with Crippen molar-refractivity contribution in [1.82, 2.24) is 4.90 Å². The molecule has 0 saturated heterocycles. The molecule has 0 aliphatic heterocycles. The van der Waals surface area contributed by atoms with Gasteiger partial charge in [0, 0.05) is 17.5 Å². The zero-order valence-electron chi connectivity index (χ0n) is 10.9. The highest BCUT2D eigenvalue weighted by Crippen LogP contribution is 2.23. The van der Waals surface area contributed by atoms with Crippen molar-refractivity contribution in [3.05, 3.63) is 46.5 Å². The third-order valence-corrected chi connectivity index (χ3v) is 4.26. The Morgan fingerprint density at radius 3 is 2.78 bits per heavy atom. The van der Waals surface area contributed by atoms with Gasteiger partial charge in [0.25, 0.3) is 0 Å². The Kier molecular flexibility index (Phi) is 4.58. The monoisotopic (exact) mass is 264 g/mol. The summed E-state index contributed by atoms with van der Waals surface area (Å²) >= 11 is 1.80. The first-order valence-electron chi connectivity index (χ1n) is 6.20. The predicted octanol–water partition coefficient (Wildman–Crippen LogP) is 2.90. The van der Waals surface area contributed by atoms with Gasteiger partial charge in [-0.15, -0.1) is 11.3 Å². The number of furan rings is 1. The molecule has 2 N–H and O–H groups in total. The largest absolute Gasteiger partial charge is 0.468 e. The molecule has 0 radical (unpaired) electrons. The van der Waals surface area contributed by atoms with E-state index in [0.29, 0.717) is 12.6 Å². The van der Waals surface area contributed by atoms with Crippen LogP contribution in [0.3, 0.4) is 0 Å². The van der Waals surface area contributed by atoms with Crippen LogP contribution in [0.5, 0.6) is 0 Å². The minimum Gasteiger partial charge on any atom is -0.468 e. The highest BCUT2D eigenvalue weighted by Gasteiger charge is 2.22. The van der Waals surface area contributed by atoms with Gasteiger partial charge in [0.2, 0.25) is 0 Å². The number of nitrogens with two attached hydrogens (primary N) is 1. The minimum atomic E-state index is 0.148. The van der Waals surface area contributed by atoms with Crippen molar-refractivity contribution in [2.24, 2.45) is 5.73 Å². The van der Waals surface area contributed by atoms with Crippen LogP contribution in [0.2, 0.25) is 0 Å². The third kappa shape index (κ3) is 3.02. The van der Waals surface area contributed by atoms with Gasteiger partial charge < -0.3 is 10.2 Å². The summed E-state index contributed by atoms with van der Waals surface area (Å²) in [4.78, 5) is 3.70. The average molecular weight is 264 g/mol. The van der Waals surface area contributed by atoms with Gasteiger partial charge in [-0.3, -0.25) is 4.90 Å². The van der Waals surface area contributed by atoms with Gasteiger partial charge in [-0.1, -0.05) is 6.07 Å². The third-order valence-electron chi connectivity index (χ3n) is 3.36. The van der Waals surface area contributed by atoms with Crippen LogP contribution < -0.4 is 5.73 Å². The van der Waals surface area contributed by atoms with Gasteiger partial charge >= 0.3 is 0 Å².